The minimum Gasteiger partial charge on any atom is -0.493 e. The predicted molar refractivity (Wildman–Crippen MR) is 129 cm³/mol. The quantitative estimate of drug-likeness (QED) is 0.511. The summed E-state index contributed by atoms with van der Waals surface area (Å²) in [6.45, 7) is 2.49. The molecule has 0 aliphatic carbocycles. The molecule has 11 heteroatoms. The lowest BCUT2D eigenvalue weighted by atomic mass is 10.1. The Bertz CT molecular complexity index is 1030. The highest BCUT2D eigenvalue weighted by Crippen LogP contribution is 2.38. The van der Waals surface area contributed by atoms with Crippen molar-refractivity contribution in [1.82, 2.24) is 4.90 Å². The minimum atomic E-state index is -0.671. The lowest BCUT2D eigenvalue weighted by Gasteiger charge is -2.28. The number of nitrogens with zero attached hydrogens (tertiary/aromatic N) is 2. The van der Waals surface area contributed by atoms with Crippen LogP contribution >= 0.6 is 0 Å². The number of hydrogen-bond donors (Lipinski definition) is 2. The number of carbonyl (C=O) groups is 3. The van der Waals surface area contributed by atoms with E-state index < -0.39 is 11.8 Å². The molecule has 1 aliphatic heterocycles. The summed E-state index contributed by atoms with van der Waals surface area (Å²) in [7, 11) is 4.29. The maximum absolute atomic E-state index is 13.0. The highest BCUT2D eigenvalue weighted by molar-refractivity contribution is 6.00. The van der Waals surface area contributed by atoms with Crippen LogP contribution in [0.1, 0.15) is 10.4 Å². The molecule has 11 nitrogen and oxygen atoms in total. The molecule has 0 radical (unpaired) electrons. The number of hydrogen-bond acceptors (Lipinski definition) is 8. The molecule has 3 rings (SSSR count). The Kier molecular flexibility index (Phi) is 8.74. The number of methoxy groups -OCH3 is 2. The molecule has 3 amide bonds. The number of carbonyl (C=O) groups excluding carboxylic acids is 3. The number of anilines is 2. The van der Waals surface area contributed by atoms with Crippen molar-refractivity contribution in [3.63, 3.8) is 0 Å². The average Bonchev–Trinajstić information content (AvgIpc) is 2.87. The Morgan fingerprint density at radius 3 is 2.20 bits per heavy atom. The fraction of sp³-hybridized carbons (Fsp3) is 0.375. The maximum atomic E-state index is 13.0. The second-order valence-electron chi connectivity index (χ2n) is 7.82. The fourth-order valence-electron chi connectivity index (χ4n) is 3.57. The van der Waals surface area contributed by atoms with E-state index in [4.69, 9.17) is 24.7 Å². The Labute approximate surface area is 203 Å². The van der Waals surface area contributed by atoms with Gasteiger partial charge in [-0.3, -0.25) is 14.4 Å². The molecule has 0 bridgehead atoms. The van der Waals surface area contributed by atoms with Crippen LogP contribution < -0.4 is 30.2 Å². The summed E-state index contributed by atoms with van der Waals surface area (Å²) in [4.78, 5) is 40.1. The van der Waals surface area contributed by atoms with Crippen molar-refractivity contribution in [1.29, 1.82) is 0 Å². The molecule has 0 unspecified atom stereocenters. The number of morpholine rings is 1. The second kappa shape index (κ2) is 11.9. The third kappa shape index (κ3) is 6.76. The van der Waals surface area contributed by atoms with E-state index >= 15 is 0 Å². The van der Waals surface area contributed by atoms with Crippen LogP contribution in [0.2, 0.25) is 0 Å². The summed E-state index contributed by atoms with van der Waals surface area (Å²) in [6, 6.07) is 10.4. The molecule has 2 aromatic carbocycles. The van der Waals surface area contributed by atoms with Gasteiger partial charge in [0.15, 0.2) is 18.1 Å². The van der Waals surface area contributed by atoms with Gasteiger partial charge in [-0.05, 0) is 36.4 Å². The molecule has 1 aliphatic rings. The van der Waals surface area contributed by atoms with Crippen LogP contribution in [-0.4, -0.2) is 83.3 Å². The van der Waals surface area contributed by atoms with E-state index in [1.54, 1.807) is 0 Å². The van der Waals surface area contributed by atoms with E-state index in [0.717, 1.165) is 18.8 Å². The first-order valence-electron chi connectivity index (χ1n) is 11.0. The SMILES string of the molecule is COc1cc(C(=O)N(C)CC(=O)Nc2ccc(N3CCOCC3)cc2)cc(OC)c1OCC(N)=O. The van der Waals surface area contributed by atoms with Crippen LogP contribution in [-0.2, 0) is 14.3 Å². The van der Waals surface area contributed by atoms with Crippen LogP contribution in [0, 0.1) is 0 Å². The number of nitrogens with one attached hydrogen (secondary N) is 1. The van der Waals surface area contributed by atoms with Crippen molar-refractivity contribution in [2.45, 2.75) is 0 Å². The van der Waals surface area contributed by atoms with Gasteiger partial charge in [0.25, 0.3) is 11.8 Å². The van der Waals surface area contributed by atoms with E-state index in [1.165, 1.54) is 38.3 Å². The summed E-state index contributed by atoms with van der Waals surface area (Å²) in [6.07, 6.45) is 0. The van der Waals surface area contributed by atoms with Crippen molar-refractivity contribution in [2.24, 2.45) is 5.73 Å². The minimum absolute atomic E-state index is 0.145. The summed E-state index contributed by atoms with van der Waals surface area (Å²) < 4.78 is 21.3. The zero-order valence-electron chi connectivity index (χ0n) is 20.0. The molecule has 0 spiro atoms. The highest BCUT2D eigenvalue weighted by atomic mass is 16.5. The van der Waals surface area contributed by atoms with Crippen LogP contribution in [0.5, 0.6) is 17.2 Å². The van der Waals surface area contributed by atoms with Crippen molar-refractivity contribution in [3.8, 4) is 17.2 Å². The Balaban J connectivity index is 1.63. The normalized spacial score (nSPS) is 13.1. The smallest absolute Gasteiger partial charge is 0.255 e. The molecule has 1 heterocycles. The summed E-state index contributed by atoms with van der Waals surface area (Å²) >= 11 is 0. The van der Waals surface area contributed by atoms with E-state index in [1.807, 2.05) is 24.3 Å². The monoisotopic (exact) mass is 486 g/mol. The number of benzene rings is 2. The van der Waals surface area contributed by atoms with Gasteiger partial charge in [-0.1, -0.05) is 0 Å². The van der Waals surface area contributed by atoms with Crippen LogP contribution in [0.15, 0.2) is 36.4 Å². The average molecular weight is 487 g/mol. The third-order valence-corrected chi connectivity index (χ3v) is 5.32. The van der Waals surface area contributed by atoms with Gasteiger partial charge >= 0.3 is 0 Å². The van der Waals surface area contributed by atoms with E-state index in [9.17, 15) is 14.4 Å². The molecule has 2 aromatic rings. The number of nitrogens with two attached hydrogens (primary N) is 1. The van der Waals surface area contributed by atoms with Gasteiger partial charge in [0.05, 0.1) is 34.0 Å². The Morgan fingerprint density at radius 1 is 1.06 bits per heavy atom. The number of rotatable bonds is 10. The van der Waals surface area contributed by atoms with Gasteiger partial charge in [0.1, 0.15) is 0 Å². The molecule has 1 saturated heterocycles. The first-order valence-corrected chi connectivity index (χ1v) is 11.0. The molecular formula is C24H30N4O7. The lowest BCUT2D eigenvalue weighted by molar-refractivity contribution is -0.120. The summed E-state index contributed by atoms with van der Waals surface area (Å²) in [5.74, 6) is -0.928. The largest absolute Gasteiger partial charge is 0.493 e. The Morgan fingerprint density at radius 2 is 1.66 bits per heavy atom. The van der Waals surface area contributed by atoms with Crippen molar-refractivity contribution < 1.29 is 33.3 Å². The highest BCUT2D eigenvalue weighted by Gasteiger charge is 2.22. The topological polar surface area (TPSA) is 133 Å². The third-order valence-electron chi connectivity index (χ3n) is 5.32. The molecule has 0 saturated carbocycles. The summed E-state index contributed by atoms with van der Waals surface area (Å²) in [5.41, 5.74) is 7.04. The van der Waals surface area contributed by atoms with Gasteiger partial charge in [0.2, 0.25) is 11.7 Å². The molecule has 0 aromatic heterocycles. The van der Waals surface area contributed by atoms with Crippen molar-refractivity contribution in [2.75, 3.05) is 70.9 Å². The number of ether oxygens (including phenoxy) is 4. The van der Waals surface area contributed by atoms with Crippen LogP contribution in [0.3, 0.4) is 0 Å². The van der Waals surface area contributed by atoms with Gasteiger partial charge in [-0.25, -0.2) is 0 Å². The summed E-state index contributed by atoms with van der Waals surface area (Å²) in [5, 5.41) is 2.80. The molecule has 1 fully saturated rings. The van der Waals surface area contributed by atoms with Gasteiger partial charge in [0, 0.05) is 37.1 Å². The fourth-order valence-corrected chi connectivity index (χ4v) is 3.57. The first kappa shape index (κ1) is 25.6. The zero-order valence-corrected chi connectivity index (χ0v) is 20.0. The number of likely N-dealkylation sites (N-methyl/N-ethyl adjacent to an activating group) is 1. The van der Waals surface area contributed by atoms with Gasteiger partial charge < -0.3 is 39.8 Å². The maximum Gasteiger partial charge on any atom is 0.255 e. The molecular weight excluding hydrogens is 456 g/mol. The molecule has 0 atom stereocenters. The van der Waals surface area contributed by atoms with Gasteiger partial charge in [-0.15, -0.1) is 0 Å². The van der Waals surface area contributed by atoms with Crippen LogP contribution in [0.25, 0.3) is 0 Å². The molecule has 188 valence electrons. The van der Waals surface area contributed by atoms with E-state index in [-0.39, 0.29) is 41.9 Å². The molecule has 3 N–H and O–H groups in total. The van der Waals surface area contributed by atoms with Crippen molar-refractivity contribution >= 4 is 29.1 Å². The number of primary amides is 1. The second-order valence-corrected chi connectivity index (χ2v) is 7.82. The standard InChI is InChI=1S/C24H30N4O7/c1-27(14-22(30)26-17-4-6-18(7-5-17)28-8-10-34-11-9-28)24(31)16-12-19(32-2)23(20(13-16)33-3)35-15-21(25)29/h4-7,12-13H,8-11,14-15H2,1-3H3,(H2,25,29)(H,26,30). The predicted octanol–water partition coefficient (Wildman–Crippen LogP) is 1.12. The van der Waals surface area contributed by atoms with Crippen molar-refractivity contribution in [3.05, 3.63) is 42.0 Å². The number of amides is 3. The van der Waals surface area contributed by atoms with Gasteiger partial charge in [-0.2, -0.15) is 0 Å². The van der Waals surface area contributed by atoms with E-state index in [2.05, 4.69) is 10.2 Å². The first-order chi connectivity index (χ1) is 16.8. The van der Waals surface area contributed by atoms with E-state index in [0.29, 0.717) is 18.9 Å². The molecule has 35 heavy (non-hydrogen) atoms. The Hall–Kier alpha value is -3.99. The van der Waals surface area contributed by atoms with Crippen LogP contribution in [0.4, 0.5) is 11.4 Å². The zero-order chi connectivity index (χ0) is 25.4. The lowest BCUT2D eigenvalue weighted by Crippen LogP contribution is -2.36.